The average molecular weight is 565 g/mol. The second-order valence-electron chi connectivity index (χ2n) is 9.93. The lowest BCUT2D eigenvalue weighted by molar-refractivity contribution is -0.123. The zero-order valence-corrected chi connectivity index (χ0v) is 24.0. The molecule has 3 aliphatic rings. The zero-order chi connectivity index (χ0) is 27.1. The average Bonchev–Trinajstić information content (AvgIpc) is 3.31. The van der Waals surface area contributed by atoms with Crippen LogP contribution in [0.2, 0.25) is 0 Å². The predicted molar refractivity (Wildman–Crippen MR) is 149 cm³/mol. The molecule has 4 heterocycles. The van der Waals surface area contributed by atoms with Crippen LogP contribution in [0.3, 0.4) is 0 Å². The van der Waals surface area contributed by atoms with Crippen molar-refractivity contribution < 1.29 is 17.9 Å². The van der Waals surface area contributed by atoms with Gasteiger partial charge in [0, 0.05) is 25.2 Å². The molecule has 0 N–H and O–H groups in total. The molecule has 4 rings (SSSR count). The highest BCUT2D eigenvalue weighted by Crippen LogP contribution is 2.38. The third-order valence-electron chi connectivity index (χ3n) is 6.97. The molecule has 37 heavy (non-hydrogen) atoms. The van der Waals surface area contributed by atoms with Crippen molar-refractivity contribution in [2.45, 2.75) is 71.8 Å². The molecule has 3 saturated heterocycles. The largest absolute Gasteiger partial charge is 0.372 e. The lowest BCUT2D eigenvalue weighted by Gasteiger charge is -2.39. The first-order valence-electron chi connectivity index (χ1n) is 12.5. The SMILES string of the molecule is CCCCn1c(N2CC(C)OC(C)C2)c(/C=C2\SC(=S)N(C3CCS(=O)(=O)C3)C2=O)c(C)c(C#N)c1=O. The number of nitriles is 1. The monoisotopic (exact) mass is 564 g/mol. The Morgan fingerprint density at radius 2 is 1.92 bits per heavy atom. The highest BCUT2D eigenvalue weighted by molar-refractivity contribution is 8.26. The van der Waals surface area contributed by atoms with Crippen molar-refractivity contribution in [2.24, 2.45) is 0 Å². The van der Waals surface area contributed by atoms with Gasteiger partial charge in [-0.2, -0.15) is 5.26 Å². The van der Waals surface area contributed by atoms with Crippen LogP contribution in [0.5, 0.6) is 0 Å². The number of carbonyl (C=O) groups excluding carboxylic acids is 1. The Kier molecular flexibility index (Phi) is 8.19. The second kappa shape index (κ2) is 10.9. The van der Waals surface area contributed by atoms with Crippen LogP contribution in [0.15, 0.2) is 9.70 Å². The number of thioether (sulfide) groups is 1. The maximum atomic E-state index is 13.5. The normalized spacial score (nSPS) is 26.8. The number of thiocarbonyl (C=S) groups is 1. The Bertz CT molecular complexity index is 1350. The van der Waals surface area contributed by atoms with E-state index in [9.17, 15) is 23.3 Å². The zero-order valence-electron chi connectivity index (χ0n) is 21.5. The van der Waals surface area contributed by atoms with E-state index in [1.165, 1.54) is 4.90 Å². The van der Waals surface area contributed by atoms with Gasteiger partial charge in [-0.25, -0.2) is 8.42 Å². The molecule has 3 aliphatic heterocycles. The molecule has 3 unspecified atom stereocenters. The number of ether oxygens (including phenoxy) is 1. The summed E-state index contributed by atoms with van der Waals surface area (Å²) in [5.74, 6) is 0.279. The van der Waals surface area contributed by atoms with Gasteiger partial charge in [-0.3, -0.25) is 19.1 Å². The van der Waals surface area contributed by atoms with E-state index in [1.54, 1.807) is 17.6 Å². The Hall–Kier alpha value is -2.20. The molecule has 1 aromatic heterocycles. The first-order valence-corrected chi connectivity index (χ1v) is 15.6. The molecule has 3 fully saturated rings. The Labute approximate surface area is 227 Å². The number of nitrogens with zero attached hydrogens (tertiary/aromatic N) is 4. The number of anilines is 1. The molecule has 0 aromatic carbocycles. The van der Waals surface area contributed by atoms with E-state index in [2.05, 4.69) is 11.0 Å². The van der Waals surface area contributed by atoms with Gasteiger partial charge in [0.05, 0.1) is 34.7 Å². The summed E-state index contributed by atoms with van der Waals surface area (Å²) < 4.78 is 32.0. The minimum atomic E-state index is -3.20. The van der Waals surface area contributed by atoms with Crippen molar-refractivity contribution in [3.8, 4) is 6.07 Å². The lowest BCUT2D eigenvalue weighted by atomic mass is 10.0. The number of hydrogen-bond acceptors (Lipinski definition) is 9. The van der Waals surface area contributed by atoms with Gasteiger partial charge in [0.2, 0.25) is 0 Å². The Morgan fingerprint density at radius 3 is 2.49 bits per heavy atom. The van der Waals surface area contributed by atoms with Crippen LogP contribution in [0, 0.1) is 18.3 Å². The van der Waals surface area contributed by atoms with Gasteiger partial charge in [0.15, 0.2) is 9.84 Å². The van der Waals surface area contributed by atoms with Crippen molar-refractivity contribution in [2.75, 3.05) is 29.5 Å². The number of unbranched alkanes of at least 4 members (excludes halogenated alkanes) is 1. The fourth-order valence-electron chi connectivity index (χ4n) is 5.26. The fraction of sp³-hybridized carbons (Fsp3) is 0.600. The number of amides is 1. The van der Waals surface area contributed by atoms with Gasteiger partial charge in [0.1, 0.15) is 21.8 Å². The van der Waals surface area contributed by atoms with E-state index >= 15 is 0 Å². The van der Waals surface area contributed by atoms with Crippen LogP contribution < -0.4 is 10.5 Å². The van der Waals surface area contributed by atoms with Crippen molar-refractivity contribution in [3.63, 3.8) is 0 Å². The summed E-state index contributed by atoms with van der Waals surface area (Å²) in [4.78, 5) is 30.8. The van der Waals surface area contributed by atoms with E-state index in [0.29, 0.717) is 52.2 Å². The summed E-state index contributed by atoms with van der Waals surface area (Å²) >= 11 is 6.63. The highest BCUT2D eigenvalue weighted by Gasteiger charge is 2.42. The summed E-state index contributed by atoms with van der Waals surface area (Å²) in [7, 11) is -3.20. The smallest absolute Gasteiger partial charge is 0.270 e. The number of aromatic nitrogens is 1. The number of pyridine rings is 1. The number of hydrogen-bond donors (Lipinski definition) is 0. The topological polar surface area (TPSA) is 113 Å². The molecule has 0 saturated carbocycles. The van der Waals surface area contributed by atoms with Gasteiger partial charge in [-0.15, -0.1) is 0 Å². The third kappa shape index (κ3) is 5.50. The molecule has 0 spiro atoms. The summed E-state index contributed by atoms with van der Waals surface area (Å²) in [6, 6.07) is 1.60. The minimum absolute atomic E-state index is 0.0400. The van der Waals surface area contributed by atoms with Crippen LogP contribution in [-0.4, -0.2) is 71.0 Å². The molecule has 0 aliphatic carbocycles. The number of carbonyl (C=O) groups is 1. The molecule has 0 radical (unpaired) electrons. The summed E-state index contributed by atoms with van der Waals surface area (Å²) in [6.07, 6.45) is 3.58. The van der Waals surface area contributed by atoms with Crippen molar-refractivity contribution in [1.29, 1.82) is 5.26 Å². The molecule has 200 valence electrons. The molecule has 1 amide bonds. The number of sulfone groups is 1. The van der Waals surface area contributed by atoms with E-state index in [0.717, 1.165) is 24.6 Å². The quantitative estimate of drug-likeness (QED) is 0.380. The molecular weight excluding hydrogens is 532 g/mol. The number of morpholine rings is 1. The first kappa shape index (κ1) is 27.8. The summed E-state index contributed by atoms with van der Waals surface area (Å²) in [5, 5.41) is 9.87. The van der Waals surface area contributed by atoms with Gasteiger partial charge in [-0.05, 0) is 45.3 Å². The summed E-state index contributed by atoms with van der Waals surface area (Å²) in [5.41, 5.74) is 0.859. The van der Waals surface area contributed by atoms with Crippen molar-refractivity contribution in [1.82, 2.24) is 9.47 Å². The molecule has 1 aromatic rings. The van der Waals surface area contributed by atoms with E-state index in [-0.39, 0.29) is 40.7 Å². The first-order chi connectivity index (χ1) is 17.5. The molecule has 12 heteroatoms. The van der Waals surface area contributed by atoms with Crippen molar-refractivity contribution >= 4 is 55.9 Å². The van der Waals surface area contributed by atoms with Gasteiger partial charge in [0.25, 0.3) is 11.5 Å². The predicted octanol–water partition coefficient (Wildman–Crippen LogP) is 2.83. The third-order valence-corrected chi connectivity index (χ3v) is 10.1. The van der Waals surface area contributed by atoms with Crippen LogP contribution >= 0.6 is 24.0 Å². The highest BCUT2D eigenvalue weighted by atomic mass is 32.2. The van der Waals surface area contributed by atoms with Crippen LogP contribution in [0.1, 0.15) is 56.7 Å². The molecule has 3 atom stereocenters. The Balaban J connectivity index is 1.87. The molecule has 0 bridgehead atoms. The minimum Gasteiger partial charge on any atom is -0.372 e. The van der Waals surface area contributed by atoms with Gasteiger partial charge in [-0.1, -0.05) is 37.3 Å². The maximum Gasteiger partial charge on any atom is 0.270 e. The fourth-order valence-corrected chi connectivity index (χ4v) is 8.35. The summed E-state index contributed by atoms with van der Waals surface area (Å²) in [6.45, 7) is 9.30. The van der Waals surface area contributed by atoms with E-state index in [4.69, 9.17) is 17.0 Å². The van der Waals surface area contributed by atoms with Crippen molar-refractivity contribution in [3.05, 3.63) is 31.9 Å². The standard InChI is InChI=1S/C25H32N4O5S3/c1-5-6-8-28-22(27-12-15(2)34-16(3)13-27)19(17(4)20(11-26)23(28)30)10-21-24(31)29(25(35)36-21)18-7-9-37(32,33)14-18/h10,15-16,18H,5-9,12-14H2,1-4H3/b21-10-. The molecule has 9 nitrogen and oxygen atoms in total. The van der Waals surface area contributed by atoms with Gasteiger partial charge >= 0.3 is 0 Å². The Morgan fingerprint density at radius 1 is 1.24 bits per heavy atom. The second-order valence-corrected chi connectivity index (χ2v) is 13.8. The van der Waals surface area contributed by atoms with Crippen LogP contribution in [-0.2, 0) is 25.9 Å². The number of rotatable bonds is 6. The van der Waals surface area contributed by atoms with E-state index < -0.39 is 15.9 Å². The lowest BCUT2D eigenvalue weighted by Crippen LogP contribution is -2.48. The van der Waals surface area contributed by atoms with Crippen LogP contribution in [0.25, 0.3) is 6.08 Å². The maximum absolute atomic E-state index is 13.5. The van der Waals surface area contributed by atoms with Crippen LogP contribution in [0.4, 0.5) is 5.82 Å². The molecular formula is C25H32N4O5S3. The van der Waals surface area contributed by atoms with Gasteiger partial charge < -0.3 is 9.64 Å². The van der Waals surface area contributed by atoms with E-state index in [1.807, 2.05) is 20.8 Å².